The molecule has 0 saturated heterocycles. The largest absolute Gasteiger partial charge is 0.378 e. The second kappa shape index (κ2) is 4.13. The summed E-state index contributed by atoms with van der Waals surface area (Å²) in [6.45, 7) is 2.64. The van der Waals surface area contributed by atoms with Crippen LogP contribution in [0, 0.1) is 0 Å². The summed E-state index contributed by atoms with van der Waals surface area (Å²) < 4.78 is 9.92. The lowest BCUT2D eigenvalue weighted by Crippen LogP contribution is -1.85. The fraction of sp³-hybridized carbons (Fsp3) is 0.625. The number of aryl methyl sites for hydroxylation is 1. The Balaban J connectivity index is 2.51. The van der Waals surface area contributed by atoms with Crippen LogP contribution in [-0.4, -0.2) is 12.3 Å². The molecule has 0 aromatic carbocycles. The van der Waals surface area contributed by atoms with Gasteiger partial charge in [0.2, 0.25) is 0 Å². The van der Waals surface area contributed by atoms with Crippen molar-refractivity contribution < 1.29 is 9.26 Å². The molecule has 0 bridgehead atoms. The van der Waals surface area contributed by atoms with Crippen molar-refractivity contribution in [1.82, 2.24) is 5.16 Å². The van der Waals surface area contributed by atoms with Gasteiger partial charge in [-0.05, 0) is 6.42 Å². The zero-order valence-electron chi connectivity index (χ0n) is 6.96. The highest BCUT2D eigenvalue weighted by atomic mass is 16.5. The Morgan fingerprint density at radius 2 is 2.45 bits per heavy atom. The fourth-order valence-corrected chi connectivity index (χ4v) is 0.936. The molecule has 3 heteroatoms. The minimum Gasteiger partial charge on any atom is -0.378 e. The van der Waals surface area contributed by atoms with Crippen LogP contribution in [0.4, 0.5) is 0 Å². The summed E-state index contributed by atoms with van der Waals surface area (Å²) in [4.78, 5) is 0. The summed E-state index contributed by atoms with van der Waals surface area (Å²) in [6, 6.07) is 1.94. The summed E-state index contributed by atoms with van der Waals surface area (Å²) >= 11 is 0. The quantitative estimate of drug-likeness (QED) is 0.664. The van der Waals surface area contributed by atoms with Crippen LogP contribution in [0.1, 0.15) is 24.8 Å². The second-order valence-electron chi connectivity index (χ2n) is 2.47. The van der Waals surface area contributed by atoms with Gasteiger partial charge in [0.15, 0.2) is 0 Å². The van der Waals surface area contributed by atoms with Crippen molar-refractivity contribution in [3.05, 3.63) is 17.5 Å². The van der Waals surface area contributed by atoms with E-state index in [2.05, 4.69) is 12.1 Å². The zero-order valence-corrected chi connectivity index (χ0v) is 6.96. The van der Waals surface area contributed by atoms with Gasteiger partial charge in [0.05, 0.1) is 6.61 Å². The molecule has 0 radical (unpaired) electrons. The lowest BCUT2D eigenvalue weighted by Gasteiger charge is -1.87. The van der Waals surface area contributed by atoms with Gasteiger partial charge in [-0.25, -0.2) is 0 Å². The van der Waals surface area contributed by atoms with Crippen LogP contribution in [-0.2, 0) is 17.8 Å². The molecule has 0 N–H and O–H groups in total. The summed E-state index contributed by atoms with van der Waals surface area (Å²) in [5, 5.41) is 3.82. The summed E-state index contributed by atoms with van der Waals surface area (Å²) in [7, 11) is 1.65. The molecule has 11 heavy (non-hydrogen) atoms. The molecule has 0 aliphatic carbocycles. The molecule has 0 unspecified atom stereocenters. The van der Waals surface area contributed by atoms with Crippen molar-refractivity contribution in [3.63, 3.8) is 0 Å². The standard InChI is InChI=1S/C8H13NO2/c1-3-4-8-5-7(6-10-2)9-11-8/h5H,3-4,6H2,1-2H3. The highest BCUT2D eigenvalue weighted by molar-refractivity contribution is 5.04. The molecule has 0 amide bonds. The normalized spacial score (nSPS) is 10.4. The first kappa shape index (κ1) is 8.27. The van der Waals surface area contributed by atoms with E-state index in [1.54, 1.807) is 7.11 Å². The third-order valence-electron chi connectivity index (χ3n) is 1.40. The van der Waals surface area contributed by atoms with Gasteiger partial charge in [-0.15, -0.1) is 0 Å². The van der Waals surface area contributed by atoms with Crippen LogP contribution >= 0.6 is 0 Å². The molecular formula is C8H13NO2. The summed E-state index contributed by atoms with van der Waals surface area (Å²) in [5.41, 5.74) is 0.871. The lowest BCUT2D eigenvalue weighted by molar-refractivity contribution is 0.177. The molecule has 0 spiro atoms. The molecule has 1 aromatic rings. The van der Waals surface area contributed by atoms with Crippen molar-refractivity contribution >= 4 is 0 Å². The van der Waals surface area contributed by atoms with Gasteiger partial charge in [-0.1, -0.05) is 12.1 Å². The van der Waals surface area contributed by atoms with Crippen molar-refractivity contribution in [1.29, 1.82) is 0 Å². The van der Waals surface area contributed by atoms with E-state index >= 15 is 0 Å². The van der Waals surface area contributed by atoms with Crippen molar-refractivity contribution in [2.45, 2.75) is 26.4 Å². The molecule has 62 valence electrons. The zero-order chi connectivity index (χ0) is 8.10. The van der Waals surface area contributed by atoms with Gasteiger partial charge >= 0.3 is 0 Å². The van der Waals surface area contributed by atoms with E-state index in [0.29, 0.717) is 6.61 Å². The van der Waals surface area contributed by atoms with Crippen LogP contribution in [0.15, 0.2) is 10.6 Å². The Bertz CT molecular complexity index is 187. The lowest BCUT2D eigenvalue weighted by atomic mass is 10.2. The van der Waals surface area contributed by atoms with Crippen LogP contribution < -0.4 is 0 Å². The van der Waals surface area contributed by atoms with Crippen molar-refractivity contribution in [2.75, 3.05) is 7.11 Å². The van der Waals surface area contributed by atoms with Crippen molar-refractivity contribution in [3.8, 4) is 0 Å². The van der Waals surface area contributed by atoms with E-state index < -0.39 is 0 Å². The predicted molar refractivity (Wildman–Crippen MR) is 41.2 cm³/mol. The number of methoxy groups -OCH3 is 1. The molecule has 0 saturated carbocycles. The third-order valence-corrected chi connectivity index (χ3v) is 1.40. The van der Waals surface area contributed by atoms with Crippen LogP contribution in [0.2, 0.25) is 0 Å². The second-order valence-corrected chi connectivity index (χ2v) is 2.47. The Morgan fingerprint density at radius 1 is 1.64 bits per heavy atom. The van der Waals surface area contributed by atoms with Crippen LogP contribution in [0.25, 0.3) is 0 Å². The molecule has 0 fully saturated rings. The van der Waals surface area contributed by atoms with E-state index in [-0.39, 0.29) is 0 Å². The maximum atomic E-state index is 5.03. The Labute approximate surface area is 66.3 Å². The average molecular weight is 155 g/mol. The smallest absolute Gasteiger partial charge is 0.137 e. The SMILES string of the molecule is CCCc1cc(COC)no1. The molecule has 3 nitrogen and oxygen atoms in total. The first-order chi connectivity index (χ1) is 5.36. The monoisotopic (exact) mass is 155 g/mol. The van der Waals surface area contributed by atoms with E-state index in [1.165, 1.54) is 0 Å². The Hall–Kier alpha value is -0.830. The minimum atomic E-state index is 0.535. The molecule has 0 aliphatic rings. The topological polar surface area (TPSA) is 35.3 Å². The molecule has 1 rings (SSSR count). The Kier molecular flexibility index (Phi) is 3.11. The van der Waals surface area contributed by atoms with Crippen LogP contribution in [0.3, 0.4) is 0 Å². The number of ether oxygens (including phenoxy) is 1. The van der Waals surface area contributed by atoms with Gasteiger partial charge in [0, 0.05) is 19.6 Å². The predicted octanol–water partition coefficient (Wildman–Crippen LogP) is 1.77. The van der Waals surface area contributed by atoms with Gasteiger partial charge in [-0.3, -0.25) is 0 Å². The number of aromatic nitrogens is 1. The van der Waals surface area contributed by atoms with Crippen LogP contribution in [0.5, 0.6) is 0 Å². The number of rotatable bonds is 4. The van der Waals surface area contributed by atoms with Gasteiger partial charge in [0.1, 0.15) is 11.5 Å². The van der Waals surface area contributed by atoms with E-state index in [0.717, 1.165) is 24.3 Å². The molecule has 1 heterocycles. The van der Waals surface area contributed by atoms with Gasteiger partial charge in [0.25, 0.3) is 0 Å². The minimum absolute atomic E-state index is 0.535. The number of hydrogen-bond donors (Lipinski definition) is 0. The van der Waals surface area contributed by atoms with E-state index in [9.17, 15) is 0 Å². The highest BCUT2D eigenvalue weighted by Crippen LogP contribution is 2.06. The summed E-state index contributed by atoms with van der Waals surface area (Å²) in [6.07, 6.45) is 2.04. The highest BCUT2D eigenvalue weighted by Gasteiger charge is 2.01. The molecule has 1 aromatic heterocycles. The molecular weight excluding hydrogens is 142 g/mol. The first-order valence-corrected chi connectivity index (χ1v) is 3.80. The fourth-order valence-electron chi connectivity index (χ4n) is 0.936. The summed E-state index contributed by atoms with van der Waals surface area (Å²) in [5.74, 6) is 0.944. The third kappa shape index (κ3) is 2.35. The van der Waals surface area contributed by atoms with Crippen molar-refractivity contribution in [2.24, 2.45) is 0 Å². The Morgan fingerprint density at radius 3 is 3.09 bits per heavy atom. The number of nitrogens with zero attached hydrogens (tertiary/aromatic N) is 1. The van der Waals surface area contributed by atoms with E-state index in [1.807, 2.05) is 6.07 Å². The van der Waals surface area contributed by atoms with Gasteiger partial charge < -0.3 is 9.26 Å². The maximum Gasteiger partial charge on any atom is 0.137 e. The van der Waals surface area contributed by atoms with E-state index in [4.69, 9.17) is 9.26 Å². The molecule has 0 atom stereocenters. The average Bonchev–Trinajstić information content (AvgIpc) is 2.38. The van der Waals surface area contributed by atoms with Gasteiger partial charge in [-0.2, -0.15) is 0 Å². The first-order valence-electron chi connectivity index (χ1n) is 3.80. The maximum absolute atomic E-state index is 5.03. The number of hydrogen-bond acceptors (Lipinski definition) is 3. The molecule has 0 aliphatic heterocycles.